The highest BCUT2D eigenvalue weighted by Gasteiger charge is 2.22. The SMILES string of the molecule is CCC[Si]1CCC(c2ccc(CC)cc2)CC1. The Morgan fingerprint density at radius 2 is 1.71 bits per heavy atom. The summed E-state index contributed by atoms with van der Waals surface area (Å²) < 4.78 is 0. The van der Waals surface area contributed by atoms with Crippen LogP contribution in [0.1, 0.15) is 50.2 Å². The fourth-order valence-corrected chi connectivity index (χ4v) is 5.96. The van der Waals surface area contributed by atoms with Gasteiger partial charge in [0, 0.05) is 8.80 Å². The second-order valence-electron chi connectivity index (χ2n) is 5.37. The first-order chi connectivity index (χ1) is 8.33. The van der Waals surface area contributed by atoms with Gasteiger partial charge in [0.2, 0.25) is 0 Å². The predicted molar refractivity (Wildman–Crippen MR) is 78.3 cm³/mol. The van der Waals surface area contributed by atoms with Crippen molar-refractivity contribution in [2.24, 2.45) is 0 Å². The van der Waals surface area contributed by atoms with Crippen LogP contribution in [0.5, 0.6) is 0 Å². The van der Waals surface area contributed by atoms with Crippen LogP contribution in [0.25, 0.3) is 0 Å². The van der Waals surface area contributed by atoms with Crippen molar-refractivity contribution >= 4 is 8.80 Å². The molecule has 1 saturated heterocycles. The molecule has 0 amide bonds. The van der Waals surface area contributed by atoms with Crippen molar-refractivity contribution in [1.82, 2.24) is 0 Å². The lowest BCUT2D eigenvalue weighted by Crippen LogP contribution is -2.20. The maximum Gasteiger partial charge on any atom is 0.0479 e. The normalized spacial score (nSPS) is 18.5. The summed E-state index contributed by atoms with van der Waals surface area (Å²) in [6.45, 7) is 4.57. The van der Waals surface area contributed by atoms with E-state index < -0.39 is 0 Å². The van der Waals surface area contributed by atoms with Crippen molar-refractivity contribution in [3.05, 3.63) is 35.4 Å². The molecule has 1 aromatic carbocycles. The molecule has 0 aliphatic carbocycles. The van der Waals surface area contributed by atoms with E-state index in [1.165, 1.54) is 24.8 Å². The van der Waals surface area contributed by atoms with Gasteiger partial charge in [0.05, 0.1) is 0 Å². The highest BCUT2D eigenvalue weighted by Crippen LogP contribution is 2.34. The lowest BCUT2D eigenvalue weighted by Gasteiger charge is -2.27. The van der Waals surface area contributed by atoms with Gasteiger partial charge in [0.15, 0.2) is 0 Å². The number of benzene rings is 1. The second kappa shape index (κ2) is 6.39. The van der Waals surface area contributed by atoms with Crippen LogP contribution in [-0.4, -0.2) is 8.80 Å². The van der Waals surface area contributed by atoms with E-state index in [2.05, 4.69) is 38.1 Å². The molecule has 0 nitrogen and oxygen atoms in total. The van der Waals surface area contributed by atoms with Gasteiger partial charge in [-0.3, -0.25) is 0 Å². The molecule has 1 aliphatic rings. The lowest BCUT2D eigenvalue weighted by atomic mass is 9.92. The molecular formula is C16H25Si. The molecule has 0 aromatic heterocycles. The van der Waals surface area contributed by atoms with Crippen molar-refractivity contribution in [2.45, 2.75) is 63.6 Å². The quantitative estimate of drug-likeness (QED) is 0.653. The summed E-state index contributed by atoms with van der Waals surface area (Å²) in [5.41, 5.74) is 3.07. The van der Waals surface area contributed by atoms with Gasteiger partial charge >= 0.3 is 0 Å². The highest BCUT2D eigenvalue weighted by molar-refractivity contribution is 6.59. The Kier molecular flexibility index (Phi) is 4.84. The fourth-order valence-electron chi connectivity index (χ4n) is 2.99. The van der Waals surface area contributed by atoms with Gasteiger partial charge in [-0.15, -0.1) is 0 Å². The molecular weight excluding hydrogens is 220 g/mol. The molecule has 0 atom stereocenters. The number of rotatable bonds is 4. The summed E-state index contributed by atoms with van der Waals surface area (Å²) in [7, 11) is 0.0489. The molecule has 1 heterocycles. The molecule has 0 N–H and O–H groups in total. The minimum atomic E-state index is 0.0489. The zero-order valence-corrected chi connectivity index (χ0v) is 12.3. The third kappa shape index (κ3) is 3.45. The maximum absolute atomic E-state index is 2.38. The van der Waals surface area contributed by atoms with Crippen molar-refractivity contribution < 1.29 is 0 Å². The Morgan fingerprint density at radius 1 is 1.06 bits per heavy atom. The van der Waals surface area contributed by atoms with Crippen LogP contribution >= 0.6 is 0 Å². The fraction of sp³-hybridized carbons (Fsp3) is 0.625. The monoisotopic (exact) mass is 245 g/mol. The van der Waals surface area contributed by atoms with Gasteiger partial charge in [0.25, 0.3) is 0 Å². The molecule has 0 spiro atoms. The van der Waals surface area contributed by atoms with Gasteiger partial charge in [-0.25, -0.2) is 0 Å². The van der Waals surface area contributed by atoms with Crippen LogP contribution in [0.15, 0.2) is 24.3 Å². The van der Waals surface area contributed by atoms with E-state index in [0.29, 0.717) is 0 Å². The molecule has 93 valence electrons. The first kappa shape index (κ1) is 12.9. The Hall–Kier alpha value is -0.563. The van der Waals surface area contributed by atoms with Crippen molar-refractivity contribution in [2.75, 3.05) is 0 Å². The minimum Gasteiger partial charge on any atom is -0.0657 e. The number of aryl methyl sites for hydroxylation is 1. The molecule has 1 aliphatic heterocycles. The van der Waals surface area contributed by atoms with Crippen LogP contribution < -0.4 is 0 Å². The molecule has 0 unspecified atom stereocenters. The van der Waals surface area contributed by atoms with Crippen LogP contribution in [0.3, 0.4) is 0 Å². The third-order valence-corrected chi connectivity index (χ3v) is 7.35. The largest absolute Gasteiger partial charge is 0.0657 e. The second-order valence-corrected chi connectivity index (χ2v) is 8.37. The zero-order valence-electron chi connectivity index (χ0n) is 11.3. The summed E-state index contributed by atoms with van der Waals surface area (Å²) in [5.74, 6) is 0.867. The van der Waals surface area contributed by atoms with E-state index in [0.717, 1.165) is 12.3 Å². The smallest absolute Gasteiger partial charge is 0.0479 e. The Morgan fingerprint density at radius 3 is 2.24 bits per heavy atom. The zero-order chi connectivity index (χ0) is 12.1. The van der Waals surface area contributed by atoms with E-state index in [-0.39, 0.29) is 8.80 Å². The maximum atomic E-state index is 2.38. The van der Waals surface area contributed by atoms with Crippen molar-refractivity contribution in [3.8, 4) is 0 Å². The molecule has 0 bridgehead atoms. The Balaban J connectivity index is 1.91. The molecule has 2 rings (SSSR count). The van der Waals surface area contributed by atoms with Crippen LogP contribution in [0.2, 0.25) is 18.1 Å². The molecule has 1 aromatic rings. The van der Waals surface area contributed by atoms with E-state index >= 15 is 0 Å². The third-order valence-electron chi connectivity index (χ3n) is 4.16. The molecule has 1 heteroatoms. The topological polar surface area (TPSA) is 0 Å². The first-order valence-corrected chi connectivity index (χ1v) is 9.38. The Bertz CT molecular complexity index is 320. The lowest BCUT2D eigenvalue weighted by molar-refractivity contribution is 0.605. The summed E-state index contributed by atoms with van der Waals surface area (Å²) in [6, 6.07) is 14.1. The highest BCUT2D eigenvalue weighted by atomic mass is 28.3. The van der Waals surface area contributed by atoms with Gasteiger partial charge in [0.1, 0.15) is 0 Å². The van der Waals surface area contributed by atoms with Crippen molar-refractivity contribution in [3.63, 3.8) is 0 Å². The van der Waals surface area contributed by atoms with Crippen molar-refractivity contribution in [1.29, 1.82) is 0 Å². The molecule has 17 heavy (non-hydrogen) atoms. The van der Waals surface area contributed by atoms with Gasteiger partial charge in [-0.2, -0.15) is 0 Å². The van der Waals surface area contributed by atoms with Crippen LogP contribution in [0, 0.1) is 0 Å². The van der Waals surface area contributed by atoms with E-state index in [1.807, 2.05) is 0 Å². The summed E-state index contributed by atoms with van der Waals surface area (Å²) in [4.78, 5) is 0. The van der Waals surface area contributed by atoms with E-state index in [9.17, 15) is 0 Å². The summed E-state index contributed by atoms with van der Waals surface area (Å²) >= 11 is 0. The van der Waals surface area contributed by atoms with Gasteiger partial charge in [-0.05, 0) is 36.3 Å². The summed E-state index contributed by atoms with van der Waals surface area (Å²) in [6.07, 6.45) is 5.48. The van der Waals surface area contributed by atoms with E-state index in [1.54, 1.807) is 23.7 Å². The standard InChI is InChI=1S/C16H25Si/c1-3-11-17-12-9-16(10-13-17)15-7-5-14(4-2)6-8-15/h5-8,16H,3-4,9-13H2,1-2H3. The van der Waals surface area contributed by atoms with Crippen LogP contribution in [-0.2, 0) is 6.42 Å². The van der Waals surface area contributed by atoms with E-state index in [4.69, 9.17) is 0 Å². The molecule has 1 fully saturated rings. The average Bonchev–Trinajstić information content (AvgIpc) is 2.40. The molecule has 1 radical (unpaired) electrons. The molecule has 0 saturated carbocycles. The van der Waals surface area contributed by atoms with Gasteiger partial charge < -0.3 is 0 Å². The Labute approximate surface area is 108 Å². The average molecular weight is 245 g/mol. The number of hydrogen-bond acceptors (Lipinski definition) is 0. The first-order valence-electron chi connectivity index (χ1n) is 7.25. The minimum absolute atomic E-state index is 0.0489. The summed E-state index contributed by atoms with van der Waals surface area (Å²) in [5, 5.41) is 0. The number of hydrogen-bond donors (Lipinski definition) is 0. The van der Waals surface area contributed by atoms with Gasteiger partial charge in [-0.1, -0.05) is 62.7 Å². The van der Waals surface area contributed by atoms with Crippen LogP contribution in [0.4, 0.5) is 0 Å². The predicted octanol–water partition coefficient (Wildman–Crippen LogP) is 5.03.